The van der Waals surface area contributed by atoms with Crippen LogP contribution < -0.4 is 10.6 Å². The Balaban J connectivity index is 1.61. The maximum absolute atomic E-state index is 13.7. The van der Waals surface area contributed by atoms with Crippen molar-refractivity contribution in [2.45, 2.75) is 31.6 Å². The topological polar surface area (TPSA) is 32.2 Å². The van der Waals surface area contributed by atoms with E-state index in [1.807, 2.05) is 6.07 Å². The minimum absolute atomic E-state index is 0.106. The molecule has 1 saturated heterocycles. The average Bonchev–Trinajstić information content (AvgIpc) is 3.11. The van der Waals surface area contributed by atoms with Gasteiger partial charge < -0.3 is 20.1 Å². The van der Waals surface area contributed by atoms with E-state index in [0.29, 0.717) is 16.6 Å². The van der Waals surface area contributed by atoms with Crippen molar-refractivity contribution in [2.24, 2.45) is 0 Å². The molecule has 2 heterocycles. The fraction of sp³-hybridized carbons (Fsp3) is 0.360. The zero-order valence-corrected chi connectivity index (χ0v) is 18.3. The van der Waals surface area contributed by atoms with Gasteiger partial charge in [-0.1, -0.05) is 24.1 Å². The van der Waals surface area contributed by atoms with Gasteiger partial charge in [0.25, 0.3) is 0 Å². The molecule has 1 aliphatic rings. The van der Waals surface area contributed by atoms with Gasteiger partial charge in [-0.25, -0.2) is 4.39 Å². The maximum atomic E-state index is 13.7. The molecule has 2 aromatic carbocycles. The van der Waals surface area contributed by atoms with Crippen molar-refractivity contribution in [2.75, 3.05) is 37.3 Å². The van der Waals surface area contributed by atoms with Crippen molar-refractivity contribution >= 4 is 22.3 Å². The molecule has 1 fully saturated rings. The number of alkyl halides is 3. The van der Waals surface area contributed by atoms with Crippen molar-refractivity contribution in [3.8, 4) is 11.8 Å². The molecule has 0 atom stereocenters. The van der Waals surface area contributed by atoms with Crippen molar-refractivity contribution in [1.82, 2.24) is 9.47 Å². The lowest BCUT2D eigenvalue weighted by atomic mass is 10.0. The molecule has 0 radical (unpaired) electrons. The number of hydrogen-bond donors (Lipinski definition) is 2. The van der Waals surface area contributed by atoms with Crippen LogP contribution in [0.25, 0.3) is 10.9 Å². The Morgan fingerprint density at radius 2 is 1.76 bits per heavy atom. The molecule has 4 nitrogen and oxygen atoms in total. The van der Waals surface area contributed by atoms with E-state index in [-0.39, 0.29) is 18.3 Å². The third-order valence-electron chi connectivity index (χ3n) is 5.82. The number of aromatic nitrogens is 1. The van der Waals surface area contributed by atoms with Gasteiger partial charge in [0.2, 0.25) is 0 Å². The highest BCUT2D eigenvalue weighted by Crippen LogP contribution is 2.31. The zero-order chi connectivity index (χ0) is 23.4. The van der Waals surface area contributed by atoms with E-state index in [4.69, 9.17) is 0 Å². The first-order valence-electron chi connectivity index (χ1n) is 10.9. The van der Waals surface area contributed by atoms with Gasteiger partial charge >= 0.3 is 6.18 Å². The second-order valence-corrected chi connectivity index (χ2v) is 8.33. The van der Waals surface area contributed by atoms with Crippen molar-refractivity contribution < 1.29 is 17.6 Å². The summed E-state index contributed by atoms with van der Waals surface area (Å²) < 4.78 is 55.0. The number of hydrogen-bond acceptors (Lipinski definition) is 3. The summed E-state index contributed by atoms with van der Waals surface area (Å²) >= 11 is 0. The molecular weight excluding hydrogens is 432 g/mol. The SMILES string of the molecule is CN1CCC(Nc2cccc3c2cc(C#CCNc2ccccc2F)n3CC(F)(F)F)CC1. The summed E-state index contributed by atoms with van der Waals surface area (Å²) in [5.41, 5.74) is 1.87. The average molecular weight is 459 g/mol. The Bertz CT molecular complexity index is 1160. The van der Waals surface area contributed by atoms with Crippen LogP contribution in [0.2, 0.25) is 0 Å². The number of fused-ring (bicyclic) bond motifs is 1. The predicted octanol–water partition coefficient (Wildman–Crippen LogP) is 5.31. The number of nitrogens with one attached hydrogen (secondary N) is 2. The van der Waals surface area contributed by atoms with Gasteiger partial charge in [-0.15, -0.1) is 0 Å². The van der Waals surface area contributed by atoms with Gasteiger partial charge in [-0.2, -0.15) is 13.2 Å². The summed E-state index contributed by atoms with van der Waals surface area (Å²) in [6.07, 6.45) is -2.43. The third kappa shape index (κ3) is 5.79. The van der Waals surface area contributed by atoms with Crippen LogP contribution in [0.3, 0.4) is 0 Å². The number of likely N-dealkylation sites (tertiary alicyclic amines) is 1. The van der Waals surface area contributed by atoms with E-state index in [0.717, 1.165) is 31.6 Å². The molecule has 0 aliphatic carbocycles. The fourth-order valence-corrected chi connectivity index (χ4v) is 4.12. The molecule has 3 aromatic rings. The second kappa shape index (κ2) is 9.75. The van der Waals surface area contributed by atoms with E-state index >= 15 is 0 Å². The predicted molar refractivity (Wildman–Crippen MR) is 124 cm³/mol. The maximum Gasteiger partial charge on any atom is 0.406 e. The summed E-state index contributed by atoms with van der Waals surface area (Å²) in [5.74, 6) is 5.27. The minimum atomic E-state index is -4.38. The van der Waals surface area contributed by atoms with Crippen LogP contribution in [-0.2, 0) is 6.54 Å². The number of rotatable bonds is 5. The van der Waals surface area contributed by atoms with Gasteiger partial charge in [0.1, 0.15) is 12.4 Å². The molecule has 1 aromatic heterocycles. The molecule has 0 unspecified atom stereocenters. The summed E-state index contributed by atoms with van der Waals surface area (Å²) in [4.78, 5) is 2.27. The minimum Gasteiger partial charge on any atom is -0.382 e. The van der Waals surface area contributed by atoms with Crippen LogP contribution in [0.1, 0.15) is 18.5 Å². The summed E-state index contributed by atoms with van der Waals surface area (Å²) in [7, 11) is 2.08. The van der Waals surface area contributed by atoms with Crippen LogP contribution in [0.5, 0.6) is 0 Å². The normalized spacial score (nSPS) is 15.3. The van der Waals surface area contributed by atoms with Gasteiger partial charge in [0.15, 0.2) is 0 Å². The molecule has 0 saturated carbocycles. The monoisotopic (exact) mass is 458 g/mol. The van der Waals surface area contributed by atoms with Gasteiger partial charge in [-0.3, -0.25) is 0 Å². The smallest absolute Gasteiger partial charge is 0.382 e. The number of nitrogens with zero attached hydrogens (tertiary/aromatic N) is 2. The van der Waals surface area contributed by atoms with E-state index < -0.39 is 18.5 Å². The van der Waals surface area contributed by atoms with Crippen LogP contribution in [-0.4, -0.2) is 48.4 Å². The second-order valence-electron chi connectivity index (χ2n) is 8.33. The summed E-state index contributed by atoms with van der Waals surface area (Å²) in [6.45, 7) is 0.942. The Hall–Kier alpha value is -3.18. The van der Waals surface area contributed by atoms with Crippen molar-refractivity contribution in [3.05, 3.63) is 60.0 Å². The van der Waals surface area contributed by atoms with E-state index in [1.54, 1.807) is 36.4 Å². The quantitative estimate of drug-likeness (QED) is 0.401. The number of halogens is 4. The summed E-state index contributed by atoms with van der Waals surface area (Å²) in [6, 6.07) is 13.5. The Labute approximate surface area is 190 Å². The van der Waals surface area contributed by atoms with Crippen molar-refractivity contribution in [1.29, 1.82) is 0 Å². The van der Waals surface area contributed by atoms with Crippen LogP contribution in [0, 0.1) is 17.7 Å². The number of benzene rings is 2. The molecule has 174 valence electrons. The van der Waals surface area contributed by atoms with Gasteiger partial charge in [0.05, 0.1) is 23.4 Å². The Morgan fingerprint density at radius 1 is 1.03 bits per heavy atom. The molecule has 2 N–H and O–H groups in total. The van der Waals surface area contributed by atoms with Crippen LogP contribution in [0.4, 0.5) is 28.9 Å². The molecule has 4 rings (SSSR count). The molecule has 1 aliphatic heterocycles. The first-order valence-corrected chi connectivity index (χ1v) is 10.9. The van der Waals surface area contributed by atoms with Crippen molar-refractivity contribution in [3.63, 3.8) is 0 Å². The summed E-state index contributed by atoms with van der Waals surface area (Å²) in [5, 5.41) is 7.09. The van der Waals surface area contributed by atoms with E-state index in [2.05, 4.69) is 34.4 Å². The number of anilines is 2. The molecule has 33 heavy (non-hydrogen) atoms. The highest BCUT2D eigenvalue weighted by molar-refractivity contribution is 5.94. The van der Waals surface area contributed by atoms with Crippen LogP contribution >= 0.6 is 0 Å². The lowest BCUT2D eigenvalue weighted by Gasteiger charge is -2.30. The Morgan fingerprint density at radius 3 is 2.48 bits per heavy atom. The standard InChI is InChI=1S/C25H26F4N4/c1-32-14-11-18(12-15-32)31-22-9-4-10-24-20(22)16-19(33(24)17-25(27,28)29)6-5-13-30-23-8-3-2-7-21(23)26/h2-4,7-10,16,18,30-31H,11-15,17H2,1H3. The lowest BCUT2D eigenvalue weighted by molar-refractivity contribution is -0.140. The number of para-hydroxylation sites is 1. The largest absolute Gasteiger partial charge is 0.406 e. The first-order chi connectivity index (χ1) is 15.8. The molecule has 0 bridgehead atoms. The first kappa shape index (κ1) is 23.0. The fourth-order valence-electron chi connectivity index (χ4n) is 4.12. The zero-order valence-electron chi connectivity index (χ0n) is 18.3. The highest BCUT2D eigenvalue weighted by atomic mass is 19.4. The van der Waals surface area contributed by atoms with E-state index in [1.165, 1.54) is 10.6 Å². The molecule has 8 heteroatoms. The Kier molecular flexibility index (Phi) is 6.80. The van der Waals surface area contributed by atoms with Crippen LogP contribution in [0.15, 0.2) is 48.5 Å². The number of piperidine rings is 1. The van der Waals surface area contributed by atoms with E-state index in [9.17, 15) is 17.6 Å². The highest BCUT2D eigenvalue weighted by Gasteiger charge is 2.30. The third-order valence-corrected chi connectivity index (χ3v) is 5.82. The van der Waals surface area contributed by atoms with Gasteiger partial charge in [0, 0.05) is 17.1 Å². The molecular formula is C25H26F4N4. The lowest BCUT2D eigenvalue weighted by Crippen LogP contribution is -2.36. The van der Waals surface area contributed by atoms with Gasteiger partial charge in [-0.05, 0) is 69.2 Å². The molecule has 0 amide bonds. The molecule has 0 spiro atoms.